The summed E-state index contributed by atoms with van der Waals surface area (Å²) in [5.74, 6) is 1.34. The molecule has 0 spiro atoms. The molecule has 0 amide bonds. The molecule has 27 heavy (non-hydrogen) atoms. The standard InChI is InChI=1S/C19H24N6OS/c1-26-10-4-9-20-14-11-16-15(21-12-14)7-8-17(22-16)23-19-25-24-18(27-19)13-5-2-3-6-13/h7-8,11-13,20H,2-6,9-10H2,1H3,(H,22,23,25). The van der Waals surface area contributed by atoms with Crippen LogP contribution in [0.5, 0.6) is 0 Å². The molecule has 0 atom stereocenters. The molecule has 0 aromatic carbocycles. The number of rotatable bonds is 8. The number of nitrogens with zero attached hydrogens (tertiary/aromatic N) is 4. The van der Waals surface area contributed by atoms with Crippen LogP contribution in [0, 0.1) is 0 Å². The third-order valence-electron chi connectivity index (χ3n) is 4.77. The van der Waals surface area contributed by atoms with Gasteiger partial charge in [-0.1, -0.05) is 24.2 Å². The highest BCUT2D eigenvalue weighted by molar-refractivity contribution is 7.15. The van der Waals surface area contributed by atoms with Gasteiger partial charge in [0, 0.05) is 26.2 Å². The number of pyridine rings is 2. The van der Waals surface area contributed by atoms with Crippen LogP contribution in [0.2, 0.25) is 0 Å². The van der Waals surface area contributed by atoms with Crippen LogP contribution in [0.15, 0.2) is 24.4 Å². The average Bonchev–Trinajstić information content (AvgIpc) is 3.37. The highest BCUT2D eigenvalue weighted by Crippen LogP contribution is 2.36. The van der Waals surface area contributed by atoms with Crippen LogP contribution < -0.4 is 10.6 Å². The van der Waals surface area contributed by atoms with E-state index in [9.17, 15) is 0 Å². The van der Waals surface area contributed by atoms with E-state index >= 15 is 0 Å². The molecule has 0 bridgehead atoms. The van der Waals surface area contributed by atoms with E-state index in [0.29, 0.717) is 5.92 Å². The number of anilines is 3. The predicted octanol–water partition coefficient (Wildman–Crippen LogP) is 4.33. The van der Waals surface area contributed by atoms with Crippen LogP contribution in [-0.4, -0.2) is 40.4 Å². The minimum atomic E-state index is 0.582. The maximum Gasteiger partial charge on any atom is 0.211 e. The van der Waals surface area contributed by atoms with Gasteiger partial charge in [0.1, 0.15) is 10.8 Å². The van der Waals surface area contributed by atoms with Crippen molar-refractivity contribution >= 4 is 39.0 Å². The van der Waals surface area contributed by atoms with Gasteiger partial charge in [0.15, 0.2) is 0 Å². The van der Waals surface area contributed by atoms with Gasteiger partial charge in [0.05, 0.1) is 22.9 Å². The lowest BCUT2D eigenvalue weighted by atomic mass is 10.1. The van der Waals surface area contributed by atoms with Gasteiger partial charge in [-0.2, -0.15) is 0 Å². The molecule has 1 fully saturated rings. The summed E-state index contributed by atoms with van der Waals surface area (Å²) in [4.78, 5) is 9.16. The Morgan fingerprint density at radius 3 is 2.93 bits per heavy atom. The van der Waals surface area contributed by atoms with Gasteiger partial charge >= 0.3 is 0 Å². The summed E-state index contributed by atoms with van der Waals surface area (Å²) in [5, 5.41) is 17.2. The fraction of sp³-hybridized carbons (Fsp3) is 0.474. The van der Waals surface area contributed by atoms with Crippen molar-refractivity contribution in [3.8, 4) is 0 Å². The summed E-state index contributed by atoms with van der Waals surface area (Å²) in [7, 11) is 1.71. The predicted molar refractivity (Wildman–Crippen MR) is 109 cm³/mol. The van der Waals surface area contributed by atoms with Crippen molar-refractivity contribution in [2.45, 2.75) is 38.0 Å². The number of aromatic nitrogens is 4. The maximum absolute atomic E-state index is 5.07. The van der Waals surface area contributed by atoms with Crippen molar-refractivity contribution in [1.29, 1.82) is 0 Å². The molecule has 0 radical (unpaired) electrons. The second-order valence-electron chi connectivity index (χ2n) is 6.78. The van der Waals surface area contributed by atoms with E-state index in [1.54, 1.807) is 18.4 Å². The molecule has 0 saturated heterocycles. The molecular weight excluding hydrogens is 360 g/mol. The second-order valence-corrected chi connectivity index (χ2v) is 7.79. The zero-order valence-corrected chi connectivity index (χ0v) is 16.3. The molecule has 1 aliphatic carbocycles. The van der Waals surface area contributed by atoms with Crippen LogP contribution >= 0.6 is 11.3 Å². The Bertz CT molecular complexity index is 893. The first kappa shape index (κ1) is 18.1. The Labute approximate surface area is 162 Å². The zero-order valence-electron chi connectivity index (χ0n) is 15.4. The SMILES string of the molecule is COCCCNc1cnc2ccc(Nc3nnc(C4CCCC4)s3)nc2c1. The van der Waals surface area contributed by atoms with Crippen LogP contribution in [0.3, 0.4) is 0 Å². The van der Waals surface area contributed by atoms with E-state index in [-0.39, 0.29) is 0 Å². The summed E-state index contributed by atoms with van der Waals surface area (Å²) in [6.45, 7) is 1.58. The Balaban J connectivity index is 1.45. The number of methoxy groups -OCH3 is 1. The van der Waals surface area contributed by atoms with Crippen molar-refractivity contribution in [2.24, 2.45) is 0 Å². The monoisotopic (exact) mass is 384 g/mol. The van der Waals surface area contributed by atoms with Gasteiger partial charge in [-0.05, 0) is 37.5 Å². The molecule has 7 nitrogen and oxygen atoms in total. The molecule has 3 heterocycles. The Hall–Kier alpha value is -2.32. The van der Waals surface area contributed by atoms with Crippen molar-refractivity contribution < 1.29 is 4.74 Å². The van der Waals surface area contributed by atoms with Crippen LogP contribution in [0.25, 0.3) is 11.0 Å². The topological polar surface area (TPSA) is 84.9 Å². The van der Waals surface area contributed by atoms with Crippen molar-refractivity contribution in [3.05, 3.63) is 29.4 Å². The zero-order chi connectivity index (χ0) is 18.5. The molecule has 3 aromatic rings. The lowest BCUT2D eigenvalue weighted by Gasteiger charge is -2.07. The van der Waals surface area contributed by atoms with E-state index in [4.69, 9.17) is 4.74 Å². The largest absolute Gasteiger partial charge is 0.385 e. The number of nitrogens with one attached hydrogen (secondary N) is 2. The van der Waals surface area contributed by atoms with Gasteiger partial charge in [-0.25, -0.2) is 4.98 Å². The second kappa shape index (κ2) is 8.58. The molecule has 0 unspecified atom stereocenters. The van der Waals surface area contributed by atoms with E-state index in [1.165, 1.54) is 25.7 Å². The van der Waals surface area contributed by atoms with Gasteiger partial charge in [-0.3, -0.25) is 4.98 Å². The molecule has 1 aliphatic rings. The molecule has 2 N–H and O–H groups in total. The third-order valence-corrected chi connectivity index (χ3v) is 5.77. The van der Waals surface area contributed by atoms with Gasteiger partial charge in [0.25, 0.3) is 0 Å². The highest BCUT2D eigenvalue weighted by Gasteiger charge is 2.21. The normalized spacial score (nSPS) is 14.7. The molecule has 0 aliphatic heterocycles. The molecule has 8 heteroatoms. The number of fused-ring (bicyclic) bond motifs is 1. The molecule has 4 rings (SSSR count). The van der Waals surface area contributed by atoms with E-state index in [1.807, 2.05) is 24.4 Å². The van der Waals surface area contributed by atoms with E-state index < -0.39 is 0 Å². The Morgan fingerprint density at radius 1 is 1.19 bits per heavy atom. The molecule has 3 aromatic heterocycles. The first-order valence-electron chi connectivity index (χ1n) is 9.42. The quantitative estimate of drug-likeness (QED) is 0.559. The lowest BCUT2D eigenvalue weighted by Crippen LogP contribution is -2.05. The molecular formula is C19H24N6OS. The summed E-state index contributed by atoms with van der Waals surface area (Å²) in [6.07, 6.45) is 7.85. The smallest absolute Gasteiger partial charge is 0.211 e. The van der Waals surface area contributed by atoms with Gasteiger partial charge < -0.3 is 15.4 Å². The van der Waals surface area contributed by atoms with Crippen molar-refractivity contribution in [3.63, 3.8) is 0 Å². The van der Waals surface area contributed by atoms with E-state index in [0.717, 1.165) is 52.3 Å². The number of hydrogen-bond acceptors (Lipinski definition) is 8. The van der Waals surface area contributed by atoms with Crippen LogP contribution in [0.4, 0.5) is 16.6 Å². The Kier molecular flexibility index (Phi) is 5.74. The fourth-order valence-electron chi connectivity index (χ4n) is 3.35. The third kappa shape index (κ3) is 4.51. The van der Waals surface area contributed by atoms with Gasteiger partial charge in [0.2, 0.25) is 5.13 Å². The summed E-state index contributed by atoms with van der Waals surface area (Å²) in [5.41, 5.74) is 2.67. The van der Waals surface area contributed by atoms with Crippen LogP contribution in [0.1, 0.15) is 43.0 Å². The first-order valence-corrected chi connectivity index (χ1v) is 10.2. The highest BCUT2D eigenvalue weighted by atomic mass is 32.1. The summed E-state index contributed by atoms with van der Waals surface area (Å²) >= 11 is 1.64. The van der Waals surface area contributed by atoms with Crippen molar-refractivity contribution in [1.82, 2.24) is 20.2 Å². The summed E-state index contributed by atoms with van der Waals surface area (Å²) in [6, 6.07) is 5.92. The minimum Gasteiger partial charge on any atom is -0.385 e. The van der Waals surface area contributed by atoms with Crippen molar-refractivity contribution in [2.75, 3.05) is 30.9 Å². The average molecular weight is 385 g/mol. The summed E-state index contributed by atoms with van der Waals surface area (Å²) < 4.78 is 5.07. The number of ether oxygens (including phenoxy) is 1. The fourth-order valence-corrected chi connectivity index (χ4v) is 4.27. The Morgan fingerprint density at radius 2 is 2.07 bits per heavy atom. The van der Waals surface area contributed by atoms with Crippen LogP contribution in [-0.2, 0) is 4.74 Å². The maximum atomic E-state index is 5.07. The molecule has 1 saturated carbocycles. The minimum absolute atomic E-state index is 0.582. The first-order chi connectivity index (χ1) is 13.3. The van der Waals surface area contributed by atoms with E-state index in [2.05, 4.69) is 30.8 Å². The number of hydrogen-bond donors (Lipinski definition) is 2. The molecule has 142 valence electrons. The lowest BCUT2D eigenvalue weighted by molar-refractivity contribution is 0.198. The van der Waals surface area contributed by atoms with Gasteiger partial charge in [-0.15, -0.1) is 10.2 Å².